The molecule has 1 saturated heterocycles. The van der Waals surface area contributed by atoms with Gasteiger partial charge in [0.2, 0.25) is 0 Å². The Morgan fingerprint density at radius 2 is 1.95 bits per heavy atom. The summed E-state index contributed by atoms with van der Waals surface area (Å²) < 4.78 is 42.0. The monoisotopic (exact) mass is 291 g/mol. The average molecular weight is 291 g/mol. The van der Waals surface area contributed by atoms with Crippen molar-refractivity contribution >= 4 is 17.4 Å². The van der Waals surface area contributed by atoms with E-state index in [0.29, 0.717) is 6.04 Å². The molecule has 2 rings (SSSR count). The number of rotatable bonds is 3. The summed E-state index contributed by atoms with van der Waals surface area (Å²) >= 11 is -0.0919. The predicted molar refractivity (Wildman–Crippen MR) is 70.4 cm³/mol. The van der Waals surface area contributed by atoms with E-state index >= 15 is 0 Å². The van der Waals surface area contributed by atoms with Gasteiger partial charge in [0.25, 0.3) is 0 Å². The van der Waals surface area contributed by atoms with Crippen LogP contribution in [-0.2, 0) is 4.74 Å². The molecule has 1 fully saturated rings. The highest BCUT2D eigenvalue weighted by molar-refractivity contribution is 8.00. The van der Waals surface area contributed by atoms with Gasteiger partial charge in [-0.15, -0.1) is 0 Å². The normalized spacial score (nSPS) is 24.2. The minimum Gasteiger partial charge on any atom is -0.382 e. The van der Waals surface area contributed by atoms with E-state index in [9.17, 15) is 13.2 Å². The second-order valence-corrected chi connectivity index (χ2v) is 5.76. The molecule has 1 aromatic rings. The van der Waals surface area contributed by atoms with Gasteiger partial charge in [0.15, 0.2) is 0 Å². The number of ether oxygens (including phenoxy) is 1. The first-order chi connectivity index (χ1) is 8.92. The first-order valence-corrected chi connectivity index (χ1v) is 6.98. The fraction of sp³-hybridized carbons (Fsp3) is 0.538. The maximum absolute atomic E-state index is 12.2. The van der Waals surface area contributed by atoms with E-state index in [1.165, 1.54) is 12.1 Å². The summed E-state index contributed by atoms with van der Waals surface area (Å²) in [6.45, 7) is 2.75. The summed E-state index contributed by atoms with van der Waals surface area (Å²) in [7, 11) is 0. The molecule has 0 spiro atoms. The number of benzene rings is 1. The minimum atomic E-state index is -4.23. The highest BCUT2D eigenvalue weighted by atomic mass is 32.2. The summed E-state index contributed by atoms with van der Waals surface area (Å²) in [5.74, 6) is 0. The van der Waals surface area contributed by atoms with Crippen LogP contribution in [0.4, 0.5) is 18.9 Å². The van der Waals surface area contributed by atoms with Crippen LogP contribution in [0.25, 0.3) is 0 Å². The third kappa shape index (κ3) is 4.95. The van der Waals surface area contributed by atoms with Crippen molar-refractivity contribution in [3.63, 3.8) is 0 Å². The van der Waals surface area contributed by atoms with Crippen LogP contribution in [0.1, 0.15) is 19.8 Å². The molecule has 6 heteroatoms. The Morgan fingerprint density at radius 1 is 1.26 bits per heavy atom. The van der Waals surface area contributed by atoms with Gasteiger partial charge < -0.3 is 10.1 Å². The number of alkyl halides is 3. The van der Waals surface area contributed by atoms with Gasteiger partial charge in [0, 0.05) is 23.2 Å². The molecule has 106 valence electrons. The molecule has 0 saturated carbocycles. The molecule has 19 heavy (non-hydrogen) atoms. The standard InChI is InChI=1S/C13H16F3NOS/c1-9-8-11(6-7-18-9)17-10-2-4-12(5-3-10)19-13(14,15)16/h2-5,9,11,17H,6-8H2,1H3. The lowest BCUT2D eigenvalue weighted by molar-refractivity contribution is -0.0328. The number of anilines is 1. The van der Waals surface area contributed by atoms with E-state index in [0.717, 1.165) is 25.1 Å². The van der Waals surface area contributed by atoms with Crippen LogP contribution >= 0.6 is 11.8 Å². The summed E-state index contributed by atoms with van der Waals surface area (Å²) in [4.78, 5) is 0.207. The number of halogens is 3. The highest BCUT2D eigenvalue weighted by Gasteiger charge is 2.29. The Balaban J connectivity index is 1.91. The molecule has 2 nitrogen and oxygen atoms in total. The smallest absolute Gasteiger partial charge is 0.382 e. The summed E-state index contributed by atoms with van der Waals surface area (Å²) in [6, 6.07) is 6.68. The lowest BCUT2D eigenvalue weighted by atomic mass is 10.0. The van der Waals surface area contributed by atoms with Gasteiger partial charge in [-0.2, -0.15) is 13.2 Å². The number of hydrogen-bond acceptors (Lipinski definition) is 3. The quantitative estimate of drug-likeness (QED) is 0.840. The van der Waals surface area contributed by atoms with Crippen molar-refractivity contribution in [3.05, 3.63) is 24.3 Å². The van der Waals surface area contributed by atoms with Crippen LogP contribution in [0.3, 0.4) is 0 Å². The second kappa shape index (κ2) is 6.05. The molecule has 0 radical (unpaired) electrons. The van der Waals surface area contributed by atoms with Crippen molar-refractivity contribution < 1.29 is 17.9 Å². The van der Waals surface area contributed by atoms with Gasteiger partial charge in [-0.3, -0.25) is 0 Å². The van der Waals surface area contributed by atoms with Crippen molar-refractivity contribution in [2.24, 2.45) is 0 Å². The van der Waals surface area contributed by atoms with Crippen LogP contribution < -0.4 is 5.32 Å². The SMILES string of the molecule is CC1CC(Nc2ccc(SC(F)(F)F)cc2)CCO1. The zero-order valence-corrected chi connectivity index (χ0v) is 11.4. The zero-order valence-electron chi connectivity index (χ0n) is 10.5. The molecule has 1 aliphatic heterocycles. The van der Waals surface area contributed by atoms with E-state index in [2.05, 4.69) is 5.32 Å². The molecule has 1 N–H and O–H groups in total. The molecule has 1 aromatic carbocycles. The second-order valence-electron chi connectivity index (χ2n) is 4.62. The maximum atomic E-state index is 12.2. The molecule has 2 unspecified atom stereocenters. The minimum absolute atomic E-state index is 0.0919. The van der Waals surface area contributed by atoms with E-state index in [1.54, 1.807) is 12.1 Å². The topological polar surface area (TPSA) is 21.3 Å². The van der Waals surface area contributed by atoms with Gasteiger partial charge in [-0.25, -0.2) is 0 Å². The van der Waals surface area contributed by atoms with Crippen molar-refractivity contribution in [3.8, 4) is 0 Å². The summed E-state index contributed by atoms with van der Waals surface area (Å²) in [5.41, 5.74) is -3.38. The zero-order chi connectivity index (χ0) is 13.9. The largest absolute Gasteiger partial charge is 0.446 e. The van der Waals surface area contributed by atoms with Crippen molar-refractivity contribution in [1.82, 2.24) is 0 Å². The molecular formula is C13H16F3NOS. The molecule has 0 aromatic heterocycles. The van der Waals surface area contributed by atoms with Crippen molar-refractivity contribution in [1.29, 1.82) is 0 Å². The van der Waals surface area contributed by atoms with Gasteiger partial charge >= 0.3 is 5.51 Å². The third-order valence-corrected chi connectivity index (χ3v) is 3.68. The molecular weight excluding hydrogens is 275 g/mol. The van der Waals surface area contributed by atoms with E-state index < -0.39 is 5.51 Å². The van der Waals surface area contributed by atoms with Crippen molar-refractivity contribution in [2.45, 2.75) is 42.3 Å². The Kier molecular flexibility index (Phi) is 4.62. The highest BCUT2D eigenvalue weighted by Crippen LogP contribution is 2.37. The van der Waals surface area contributed by atoms with Gasteiger partial charge in [0.05, 0.1) is 6.10 Å². The molecule has 0 amide bonds. The number of thioether (sulfide) groups is 1. The fourth-order valence-electron chi connectivity index (χ4n) is 2.12. The van der Waals surface area contributed by atoms with Crippen molar-refractivity contribution in [2.75, 3.05) is 11.9 Å². The van der Waals surface area contributed by atoms with Crippen LogP contribution in [0.2, 0.25) is 0 Å². The first kappa shape index (κ1) is 14.5. The van der Waals surface area contributed by atoms with Crippen LogP contribution in [0.5, 0.6) is 0 Å². The predicted octanol–water partition coefficient (Wildman–Crippen LogP) is 4.28. The van der Waals surface area contributed by atoms with E-state index in [1.807, 2.05) is 6.92 Å². The van der Waals surface area contributed by atoms with Crippen LogP contribution in [0.15, 0.2) is 29.2 Å². The maximum Gasteiger partial charge on any atom is 0.446 e. The number of hydrogen-bond donors (Lipinski definition) is 1. The Bertz CT molecular complexity index is 407. The lowest BCUT2D eigenvalue weighted by Gasteiger charge is -2.28. The average Bonchev–Trinajstić information content (AvgIpc) is 2.30. The van der Waals surface area contributed by atoms with Gasteiger partial charge in [0.1, 0.15) is 0 Å². The molecule has 0 bridgehead atoms. The third-order valence-electron chi connectivity index (χ3n) is 2.94. The van der Waals surface area contributed by atoms with Gasteiger partial charge in [-0.1, -0.05) is 0 Å². The first-order valence-electron chi connectivity index (χ1n) is 6.16. The van der Waals surface area contributed by atoms with Gasteiger partial charge in [-0.05, 0) is 55.8 Å². The molecule has 2 atom stereocenters. The number of nitrogens with one attached hydrogen (secondary N) is 1. The Morgan fingerprint density at radius 3 is 2.53 bits per heavy atom. The Labute approximate surface area is 114 Å². The van der Waals surface area contributed by atoms with E-state index in [4.69, 9.17) is 4.74 Å². The van der Waals surface area contributed by atoms with Crippen LogP contribution in [0, 0.1) is 0 Å². The lowest BCUT2D eigenvalue weighted by Crippen LogP contribution is -2.32. The molecule has 1 heterocycles. The molecule has 0 aliphatic carbocycles. The summed E-state index contributed by atoms with van der Waals surface area (Å²) in [6.07, 6.45) is 2.06. The fourth-order valence-corrected chi connectivity index (χ4v) is 2.66. The van der Waals surface area contributed by atoms with E-state index in [-0.39, 0.29) is 22.8 Å². The summed E-state index contributed by atoms with van der Waals surface area (Å²) in [5, 5.41) is 3.33. The Hall–Kier alpha value is -0.880. The molecule has 1 aliphatic rings. The van der Waals surface area contributed by atoms with Crippen LogP contribution in [-0.4, -0.2) is 24.3 Å².